The fourth-order valence-corrected chi connectivity index (χ4v) is 2.87. The van der Waals surface area contributed by atoms with Gasteiger partial charge in [0.2, 0.25) is 0 Å². The number of benzene rings is 1. The van der Waals surface area contributed by atoms with E-state index in [9.17, 15) is 22.8 Å². The lowest BCUT2D eigenvalue weighted by molar-refractivity contribution is -0.137. The van der Waals surface area contributed by atoms with E-state index in [4.69, 9.17) is 9.47 Å². The maximum atomic E-state index is 12.9. The Bertz CT molecular complexity index is 899. The van der Waals surface area contributed by atoms with Gasteiger partial charge in [-0.2, -0.15) is 13.2 Å². The number of ether oxygens (including phenoxy) is 2. The van der Waals surface area contributed by atoms with Crippen LogP contribution in [0.25, 0.3) is 0 Å². The van der Waals surface area contributed by atoms with Crippen molar-refractivity contribution in [2.75, 3.05) is 25.1 Å². The molecule has 160 valence electrons. The lowest BCUT2D eigenvalue weighted by Gasteiger charge is -2.13. The Morgan fingerprint density at radius 3 is 2.80 bits per heavy atom. The van der Waals surface area contributed by atoms with Gasteiger partial charge in [0.25, 0.3) is 5.91 Å². The number of rotatable bonds is 7. The number of alkyl halides is 3. The summed E-state index contributed by atoms with van der Waals surface area (Å²) in [4.78, 5) is 28.2. The molecule has 7 nitrogen and oxygen atoms in total. The summed E-state index contributed by atoms with van der Waals surface area (Å²) >= 11 is 0. The Balaban J connectivity index is 1.60. The van der Waals surface area contributed by atoms with Crippen molar-refractivity contribution in [2.45, 2.75) is 25.1 Å². The topological polar surface area (TPSA) is 89.6 Å². The minimum absolute atomic E-state index is 0.0122. The van der Waals surface area contributed by atoms with Gasteiger partial charge in [0.1, 0.15) is 11.4 Å². The molecule has 1 aliphatic heterocycles. The molecule has 0 bridgehead atoms. The number of amides is 1. The lowest BCUT2D eigenvalue weighted by Crippen LogP contribution is -2.34. The van der Waals surface area contributed by atoms with E-state index in [1.54, 1.807) is 0 Å². The molecule has 1 saturated heterocycles. The quantitative estimate of drug-likeness (QED) is 0.665. The van der Waals surface area contributed by atoms with Gasteiger partial charge >= 0.3 is 12.1 Å². The molecule has 0 unspecified atom stereocenters. The van der Waals surface area contributed by atoms with Gasteiger partial charge < -0.3 is 20.1 Å². The molecule has 2 N–H and O–H groups in total. The van der Waals surface area contributed by atoms with Gasteiger partial charge in [-0.05, 0) is 43.2 Å². The van der Waals surface area contributed by atoms with Crippen LogP contribution in [-0.2, 0) is 20.4 Å². The molecule has 1 fully saturated rings. The highest BCUT2D eigenvalue weighted by Crippen LogP contribution is 2.31. The third kappa shape index (κ3) is 5.93. The Kier molecular flexibility index (Phi) is 6.88. The van der Waals surface area contributed by atoms with Crippen molar-refractivity contribution in [3.05, 3.63) is 53.7 Å². The standard InChI is InChI=1S/C20H20F3N3O4/c21-20(22,23)13-4-1-5-14(10-13)26-18-16(7-2-8-24-18)19(28)30-12-17(27)25-11-15-6-3-9-29-15/h1-2,4-5,7-8,10,15H,3,6,9,11-12H2,(H,24,26)(H,25,27)/t15-/m0/s1. The fourth-order valence-electron chi connectivity index (χ4n) is 2.87. The molecule has 0 aliphatic carbocycles. The second kappa shape index (κ2) is 9.57. The van der Waals surface area contributed by atoms with Gasteiger partial charge in [0.05, 0.1) is 11.7 Å². The molecule has 2 heterocycles. The first kappa shape index (κ1) is 21.6. The van der Waals surface area contributed by atoms with Gasteiger partial charge in [-0.25, -0.2) is 9.78 Å². The van der Waals surface area contributed by atoms with E-state index < -0.39 is 30.2 Å². The van der Waals surface area contributed by atoms with Gasteiger partial charge in [-0.15, -0.1) is 0 Å². The van der Waals surface area contributed by atoms with Gasteiger partial charge in [0, 0.05) is 25.0 Å². The number of carbonyl (C=O) groups excluding carboxylic acids is 2. The number of carbonyl (C=O) groups is 2. The van der Waals surface area contributed by atoms with Crippen LogP contribution in [-0.4, -0.2) is 42.7 Å². The number of hydrogen-bond donors (Lipinski definition) is 2. The van der Waals surface area contributed by atoms with E-state index in [0.29, 0.717) is 13.2 Å². The van der Waals surface area contributed by atoms with E-state index in [0.717, 1.165) is 25.0 Å². The predicted octanol–water partition coefficient (Wildman–Crippen LogP) is 3.30. The van der Waals surface area contributed by atoms with Crippen LogP contribution in [0, 0.1) is 0 Å². The van der Waals surface area contributed by atoms with Gasteiger partial charge in [-0.1, -0.05) is 6.07 Å². The minimum atomic E-state index is -4.50. The SMILES string of the molecule is O=C(COC(=O)c1cccnc1Nc1cccc(C(F)(F)F)c1)NC[C@@H]1CCCO1. The van der Waals surface area contributed by atoms with Crippen LogP contribution in [0.3, 0.4) is 0 Å². The molecular formula is C20H20F3N3O4. The van der Waals surface area contributed by atoms with Crippen molar-refractivity contribution < 1.29 is 32.2 Å². The molecule has 0 saturated carbocycles. The fraction of sp³-hybridized carbons (Fsp3) is 0.350. The summed E-state index contributed by atoms with van der Waals surface area (Å²) < 4.78 is 49.1. The Labute approximate surface area is 170 Å². The zero-order valence-electron chi connectivity index (χ0n) is 15.9. The molecule has 10 heteroatoms. The number of aromatic nitrogens is 1. The van der Waals surface area contributed by atoms with E-state index in [2.05, 4.69) is 15.6 Å². The molecule has 0 radical (unpaired) electrons. The Hall–Kier alpha value is -3.14. The zero-order valence-corrected chi connectivity index (χ0v) is 15.9. The molecular weight excluding hydrogens is 403 g/mol. The molecule has 1 aromatic carbocycles. The highest BCUT2D eigenvalue weighted by molar-refractivity contribution is 5.96. The molecule has 3 rings (SSSR count). The Morgan fingerprint density at radius 1 is 1.23 bits per heavy atom. The maximum absolute atomic E-state index is 12.9. The number of nitrogens with one attached hydrogen (secondary N) is 2. The third-order valence-electron chi connectivity index (χ3n) is 4.37. The highest BCUT2D eigenvalue weighted by Gasteiger charge is 2.30. The number of anilines is 2. The maximum Gasteiger partial charge on any atom is 0.416 e. The van der Waals surface area contributed by atoms with E-state index in [-0.39, 0.29) is 23.2 Å². The normalized spacial score (nSPS) is 16.2. The minimum Gasteiger partial charge on any atom is -0.452 e. The lowest BCUT2D eigenvalue weighted by atomic mass is 10.2. The second-order valence-corrected chi connectivity index (χ2v) is 6.62. The Morgan fingerprint density at radius 2 is 2.07 bits per heavy atom. The van der Waals surface area contributed by atoms with Crippen LogP contribution in [0.2, 0.25) is 0 Å². The number of esters is 1. The van der Waals surface area contributed by atoms with Crippen molar-refractivity contribution >= 4 is 23.4 Å². The van der Waals surface area contributed by atoms with E-state index in [1.165, 1.54) is 30.5 Å². The van der Waals surface area contributed by atoms with Crippen molar-refractivity contribution in [3.63, 3.8) is 0 Å². The average Bonchev–Trinajstić information content (AvgIpc) is 3.24. The number of halogens is 3. The zero-order chi connectivity index (χ0) is 21.6. The molecule has 1 aromatic heterocycles. The third-order valence-corrected chi connectivity index (χ3v) is 4.37. The van der Waals surface area contributed by atoms with Crippen LogP contribution < -0.4 is 10.6 Å². The summed E-state index contributed by atoms with van der Waals surface area (Å²) in [7, 11) is 0. The van der Waals surface area contributed by atoms with Crippen molar-refractivity contribution in [1.82, 2.24) is 10.3 Å². The van der Waals surface area contributed by atoms with Crippen molar-refractivity contribution in [2.24, 2.45) is 0 Å². The predicted molar refractivity (Wildman–Crippen MR) is 101 cm³/mol. The van der Waals surface area contributed by atoms with Crippen molar-refractivity contribution in [1.29, 1.82) is 0 Å². The smallest absolute Gasteiger partial charge is 0.416 e. The van der Waals surface area contributed by atoms with Crippen LogP contribution in [0.1, 0.15) is 28.8 Å². The first-order chi connectivity index (χ1) is 14.3. The summed E-state index contributed by atoms with van der Waals surface area (Å²) in [6, 6.07) is 7.37. The first-order valence-electron chi connectivity index (χ1n) is 9.27. The summed E-state index contributed by atoms with van der Waals surface area (Å²) in [5.74, 6) is -1.29. The van der Waals surface area contributed by atoms with Gasteiger partial charge in [-0.3, -0.25) is 4.79 Å². The first-order valence-corrected chi connectivity index (χ1v) is 9.27. The average molecular weight is 423 g/mol. The van der Waals surface area contributed by atoms with Crippen LogP contribution >= 0.6 is 0 Å². The molecule has 0 spiro atoms. The van der Waals surface area contributed by atoms with Crippen LogP contribution in [0.4, 0.5) is 24.7 Å². The van der Waals surface area contributed by atoms with Gasteiger partial charge in [0.15, 0.2) is 6.61 Å². The molecule has 1 aliphatic rings. The van der Waals surface area contributed by atoms with Crippen LogP contribution in [0.5, 0.6) is 0 Å². The number of nitrogens with zero attached hydrogens (tertiary/aromatic N) is 1. The summed E-state index contributed by atoms with van der Waals surface area (Å²) in [6.07, 6.45) is -1.36. The van der Waals surface area contributed by atoms with E-state index in [1.807, 2.05) is 0 Å². The number of hydrogen-bond acceptors (Lipinski definition) is 6. The molecule has 1 atom stereocenters. The molecule has 1 amide bonds. The summed E-state index contributed by atoms with van der Waals surface area (Å²) in [5, 5.41) is 5.31. The monoisotopic (exact) mass is 423 g/mol. The van der Waals surface area contributed by atoms with E-state index >= 15 is 0 Å². The molecule has 2 aromatic rings. The number of pyridine rings is 1. The largest absolute Gasteiger partial charge is 0.452 e. The second-order valence-electron chi connectivity index (χ2n) is 6.62. The van der Waals surface area contributed by atoms with Crippen LogP contribution in [0.15, 0.2) is 42.6 Å². The highest BCUT2D eigenvalue weighted by atomic mass is 19.4. The summed E-state index contributed by atoms with van der Waals surface area (Å²) in [6.45, 7) is 0.507. The molecule has 30 heavy (non-hydrogen) atoms. The van der Waals surface area contributed by atoms with Crippen molar-refractivity contribution in [3.8, 4) is 0 Å². The summed E-state index contributed by atoms with van der Waals surface area (Å²) in [5.41, 5.74) is -0.746.